The van der Waals surface area contributed by atoms with Gasteiger partial charge in [0.05, 0.1) is 6.61 Å². The summed E-state index contributed by atoms with van der Waals surface area (Å²) < 4.78 is 19.5. The number of piperidine rings is 1. The second kappa shape index (κ2) is 7.48. The van der Waals surface area contributed by atoms with E-state index < -0.39 is 5.41 Å². The largest absolute Gasteiger partial charge is 0.396 e. The predicted octanol–water partition coefficient (Wildman–Crippen LogP) is 3.70. The first-order valence-corrected chi connectivity index (χ1v) is 9.17. The fourth-order valence-electron chi connectivity index (χ4n) is 3.80. The lowest BCUT2D eigenvalue weighted by Crippen LogP contribution is -2.47. The van der Waals surface area contributed by atoms with Gasteiger partial charge in [0.15, 0.2) is 0 Å². The zero-order valence-corrected chi connectivity index (χ0v) is 15.0. The van der Waals surface area contributed by atoms with Crippen LogP contribution in [0.3, 0.4) is 0 Å². The van der Waals surface area contributed by atoms with Crippen LogP contribution >= 0.6 is 0 Å². The molecule has 0 aliphatic carbocycles. The van der Waals surface area contributed by atoms with Crippen LogP contribution in [0, 0.1) is 11.2 Å². The number of aliphatic hydroxyl groups excluding tert-OH is 1. The van der Waals surface area contributed by atoms with E-state index in [-0.39, 0.29) is 12.4 Å². The summed E-state index contributed by atoms with van der Waals surface area (Å²) >= 11 is 0. The number of rotatable bonds is 5. The molecule has 140 valence electrons. The summed E-state index contributed by atoms with van der Waals surface area (Å²) in [7, 11) is 0. The van der Waals surface area contributed by atoms with Gasteiger partial charge in [-0.1, -0.05) is 36.4 Å². The summed E-state index contributed by atoms with van der Waals surface area (Å²) in [5.74, 6) is 0.758. The Balaban J connectivity index is 1.55. The van der Waals surface area contributed by atoms with Crippen LogP contribution in [0.25, 0.3) is 11.5 Å². The van der Waals surface area contributed by atoms with Crippen molar-refractivity contribution in [3.63, 3.8) is 0 Å². The third-order valence-corrected chi connectivity index (χ3v) is 5.24. The van der Waals surface area contributed by atoms with Crippen molar-refractivity contribution in [3.8, 4) is 11.5 Å². The first-order valence-electron chi connectivity index (χ1n) is 9.17. The summed E-state index contributed by atoms with van der Waals surface area (Å²) in [6.45, 7) is 1.33. The average Bonchev–Trinajstić information content (AvgIpc) is 3.21. The highest BCUT2D eigenvalue weighted by Gasteiger charge is 2.37. The smallest absolute Gasteiger partial charge is 0.266 e. The summed E-state index contributed by atoms with van der Waals surface area (Å²) in [6.07, 6.45) is 2.19. The van der Waals surface area contributed by atoms with Crippen molar-refractivity contribution in [1.29, 1.82) is 0 Å². The van der Waals surface area contributed by atoms with E-state index in [1.807, 2.05) is 41.3 Å². The first-order chi connectivity index (χ1) is 13.2. The minimum atomic E-state index is -0.423. The molecule has 2 aromatic carbocycles. The highest BCUT2D eigenvalue weighted by atomic mass is 19.1. The standard InChI is InChI=1S/C21H22FN3O2/c22-18-10-5-4-9-17(18)13-21(15-26)11-6-12-25(14-21)20-23-19(27-24-20)16-7-2-1-3-8-16/h1-5,7-10,26H,6,11-15H2/t21-/m1/s1. The molecule has 1 fully saturated rings. The number of aliphatic hydroxyl groups is 1. The van der Waals surface area contributed by atoms with Gasteiger partial charge in [0, 0.05) is 24.1 Å². The molecule has 1 atom stereocenters. The molecule has 1 saturated heterocycles. The third-order valence-electron chi connectivity index (χ3n) is 5.24. The molecule has 0 bridgehead atoms. The monoisotopic (exact) mass is 367 g/mol. The Morgan fingerprint density at radius 3 is 2.67 bits per heavy atom. The highest BCUT2D eigenvalue weighted by Crippen LogP contribution is 2.35. The molecule has 1 aliphatic heterocycles. The van der Waals surface area contributed by atoms with Crippen LogP contribution in [0.15, 0.2) is 59.1 Å². The van der Waals surface area contributed by atoms with Crippen molar-refractivity contribution < 1.29 is 14.0 Å². The second-order valence-corrected chi connectivity index (χ2v) is 7.22. The van der Waals surface area contributed by atoms with Crippen LogP contribution in [0.1, 0.15) is 18.4 Å². The van der Waals surface area contributed by atoms with Gasteiger partial charge in [-0.2, -0.15) is 4.98 Å². The fraction of sp³-hybridized carbons (Fsp3) is 0.333. The van der Waals surface area contributed by atoms with E-state index in [9.17, 15) is 9.50 Å². The topological polar surface area (TPSA) is 62.4 Å². The molecule has 2 heterocycles. The van der Waals surface area contributed by atoms with Crippen molar-refractivity contribution in [1.82, 2.24) is 10.1 Å². The minimum Gasteiger partial charge on any atom is -0.396 e. The maximum atomic E-state index is 14.1. The van der Waals surface area contributed by atoms with Gasteiger partial charge in [0.25, 0.3) is 11.8 Å². The molecular weight excluding hydrogens is 345 g/mol. The van der Waals surface area contributed by atoms with Gasteiger partial charge in [0.1, 0.15) is 5.82 Å². The molecule has 0 saturated carbocycles. The van der Waals surface area contributed by atoms with E-state index in [1.54, 1.807) is 12.1 Å². The number of halogens is 1. The molecule has 6 heteroatoms. The summed E-state index contributed by atoms with van der Waals surface area (Å²) in [5, 5.41) is 14.3. The van der Waals surface area contributed by atoms with Crippen molar-refractivity contribution >= 4 is 5.95 Å². The Labute approximate surface area is 157 Å². The number of nitrogens with zero attached hydrogens (tertiary/aromatic N) is 3. The molecule has 3 aromatic rings. The number of hydrogen-bond donors (Lipinski definition) is 1. The summed E-state index contributed by atoms with van der Waals surface area (Å²) in [5.41, 5.74) is 1.08. The lowest BCUT2D eigenvalue weighted by Gasteiger charge is -2.41. The van der Waals surface area contributed by atoms with E-state index in [1.165, 1.54) is 6.07 Å². The normalized spacial score (nSPS) is 20.0. The zero-order valence-electron chi connectivity index (χ0n) is 15.0. The van der Waals surface area contributed by atoms with Crippen LogP contribution in [-0.2, 0) is 6.42 Å². The molecule has 1 aromatic heterocycles. The van der Waals surface area contributed by atoms with Crippen molar-refractivity contribution in [3.05, 3.63) is 66.0 Å². The number of aromatic nitrogens is 2. The Morgan fingerprint density at radius 1 is 1.11 bits per heavy atom. The van der Waals surface area contributed by atoms with E-state index in [0.717, 1.165) is 24.9 Å². The molecule has 27 heavy (non-hydrogen) atoms. The van der Waals surface area contributed by atoms with E-state index in [4.69, 9.17) is 4.52 Å². The lowest BCUT2D eigenvalue weighted by atomic mass is 9.75. The number of hydrogen-bond acceptors (Lipinski definition) is 5. The molecule has 1 aliphatic rings. The van der Waals surface area contributed by atoms with Crippen molar-refractivity contribution in [2.45, 2.75) is 19.3 Å². The van der Waals surface area contributed by atoms with Gasteiger partial charge in [-0.05, 0) is 48.2 Å². The van der Waals surface area contributed by atoms with Crippen molar-refractivity contribution in [2.75, 3.05) is 24.6 Å². The number of benzene rings is 2. The Kier molecular flexibility index (Phi) is 4.90. The average molecular weight is 367 g/mol. The Bertz CT molecular complexity index is 899. The van der Waals surface area contributed by atoms with Gasteiger partial charge in [0.2, 0.25) is 0 Å². The molecule has 0 unspecified atom stereocenters. The van der Waals surface area contributed by atoms with Crippen LogP contribution in [0.5, 0.6) is 0 Å². The van der Waals surface area contributed by atoms with Crippen LogP contribution in [0.4, 0.5) is 10.3 Å². The number of anilines is 1. The van der Waals surface area contributed by atoms with Gasteiger partial charge in [-0.15, -0.1) is 0 Å². The van der Waals surface area contributed by atoms with Gasteiger partial charge >= 0.3 is 0 Å². The maximum Gasteiger partial charge on any atom is 0.266 e. The quantitative estimate of drug-likeness (QED) is 0.745. The molecular formula is C21H22FN3O2. The first kappa shape index (κ1) is 17.7. The SMILES string of the molecule is OC[C@@]1(Cc2ccccc2F)CCCN(c2noc(-c3ccccc3)n2)C1. The summed E-state index contributed by atoms with van der Waals surface area (Å²) in [4.78, 5) is 6.55. The maximum absolute atomic E-state index is 14.1. The van der Waals surface area contributed by atoms with Crippen LogP contribution < -0.4 is 4.90 Å². The van der Waals surface area contributed by atoms with Gasteiger partial charge in [-0.3, -0.25) is 0 Å². The van der Waals surface area contributed by atoms with Crippen molar-refractivity contribution in [2.24, 2.45) is 5.41 Å². The molecule has 5 nitrogen and oxygen atoms in total. The van der Waals surface area contributed by atoms with Crippen LogP contribution in [-0.4, -0.2) is 34.9 Å². The molecule has 0 amide bonds. The highest BCUT2D eigenvalue weighted by molar-refractivity contribution is 5.54. The summed E-state index contributed by atoms with van der Waals surface area (Å²) in [6, 6.07) is 16.4. The van der Waals surface area contributed by atoms with E-state index >= 15 is 0 Å². The third kappa shape index (κ3) is 3.71. The molecule has 0 spiro atoms. The van der Waals surface area contributed by atoms with Gasteiger partial charge in [-0.25, -0.2) is 4.39 Å². The zero-order chi connectivity index (χ0) is 18.7. The van der Waals surface area contributed by atoms with Crippen LogP contribution in [0.2, 0.25) is 0 Å². The predicted molar refractivity (Wildman–Crippen MR) is 101 cm³/mol. The molecule has 0 radical (unpaired) electrons. The lowest BCUT2D eigenvalue weighted by molar-refractivity contribution is 0.104. The minimum absolute atomic E-state index is 0.0127. The Morgan fingerprint density at radius 2 is 1.89 bits per heavy atom. The Hall–Kier alpha value is -2.73. The van der Waals surface area contributed by atoms with E-state index in [2.05, 4.69) is 10.1 Å². The molecule has 1 N–H and O–H groups in total. The van der Waals surface area contributed by atoms with E-state index in [0.29, 0.717) is 30.4 Å². The van der Waals surface area contributed by atoms with Gasteiger partial charge < -0.3 is 14.5 Å². The second-order valence-electron chi connectivity index (χ2n) is 7.22. The fourth-order valence-corrected chi connectivity index (χ4v) is 3.80. The molecule has 4 rings (SSSR count).